The van der Waals surface area contributed by atoms with Crippen LogP contribution in [0.15, 0.2) is 83.4 Å². The summed E-state index contributed by atoms with van der Waals surface area (Å²) in [5.74, 6) is 0.212. The van der Waals surface area contributed by atoms with Crippen molar-refractivity contribution in [2.45, 2.75) is 19.0 Å². The number of thiocarbonyl (C=S) groups is 1. The molecule has 1 saturated heterocycles. The van der Waals surface area contributed by atoms with E-state index >= 15 is 0 Å². The molecule has 0 bridgehead atoms. The van der Waals surface area contributed by atoms with Gasteiger partial charge in [0.25, 0.3) is 0 Å². The summed E-state index contributed by atoms with van der Waals surface area (Å²) in [6.45, 7) is 1.82. The summed E-state index contributed by atoms with van der Waals surface area (Å²) < 4.78 is 32.4. The highest BCUT2D eigenvalue weighted by Crippen LogP contribution is 2.43. The number of aryl methyl sites for hydroxylation is 1. The third-order valence-corrected chi connectivity index (χ3v) is 7.12. The fraction of sp³-hybridized carbons (Fsp3) is 0.148. The Morgan fingerprint density at radius 1 is 1.11 bits per heavy atom. The average molecular weight is 549 g/mol. The van der Waals surface area contributed by atoms with Gasteiger partial charge in [0.15, 0.2) is 5.11 Å². The van der Waals surface area contributed by atoms with E-state index in [4.69, 9.17) is 16.6 Å². The van der Waals surface area contributed by atoms with Gasteiger partial charge in [0.05, 0.1) is 29.2 Å². The molecule has 1 aliphatic heterocycles. The SMILES string of the molecule is Cc1cc(N2C(=S)N[C@H](c3ccccn3)[C@@H]2c2ccc(-c3ccc(C(=O)O)cc3)o2)ccc1NS(C)(=O)=O. The molecule has 9 nitrogen and oxygen atoms in total. The first-order chi connectivity index (χ1) is 18.1. The van der Waals surface area contributed by atoms with Crippen molar-refractivity contribution in [2.24, 2.45) is 0 Å². The number of benzene rings is 2. The maximum atomic E-state index is 11.8. The number of aromatic carboxylic acids is 1. The van der Waals surface area contributed by atoms with Crippen LogP contribution in [0, 0.1) is 6.92 Å². The molecule has 0 saturated carbocycles. The highest BCUT2D eigenvalue weighted by atomic mass is 32.2. The number of hydrogen-bond donors (Lipinski definition) is 3. The molecule has 2 aromatic heterocycles. The van der Waals surface area contributed by atoms with E-state index in [0.717, 1.165) is 28.8 Å². The highest BCUT2D eigenvalue weighted by Gasteiger charge is 2.42. The van der Waals surface area contributed by atoms with Gasteiger partial charge in [-0.05, 0) is 79.3 Å². The summed E-state index contributed by atoms with van der Waals surface area (Å²) in [5, 5.41) is 13.0. The summed E-state index contributed by atoms with van der Waals surface area (Å²) in [6.07, 6.45) is 2.82. The van der Waals surface area contributed by atoms with Gasteiger partial charge >= 0.3 is 5.97 Å². The van der Waals surface area contributed by atoms with E-state index in [2.05, 4.69) is 15.0 Å². The maximum absolute atomic E-state index is 11.8. The van der Waals surface area contributed by atoms with E-state index in [1.807, 2.05) is 48.2 Å². The first kappa shape index (κ1) is 25.4. The lowest BCUT2D eigenvalue weighted by atomic mass is 10.0. The Balaban J connectivity index is 1.56. The second-order valence-electron chi connectivity index (χ2n) is 8.95. The van der Waals surface area contributed by atoms with Gasteiger partial charge in [-0.15, -0.1) is 0 Å². The molecule has 4 aromatic rings. The van der Waals surface area contributed by atoms with Crippen LogP contribution in [0.5, 0.6) is 0 Å². The average Bonchev–Trinajstić information content (AvgIpc) is 3.50. The van der Waals surface area contributed by atoms with Gasteiger partial charge in [-0.1, -0.05) is 18.2 Å². The Kier molecular flexibility index (Phi) is 6.64. The van der Waals surface area contributed by atoms with Crippen LogP contribution in [0.25, 0.3) is 11.3 Å². The second kappa shape index (κ2) is 9.92. The lowest BCUT2D eigenvalue weighted by molar-refractivity contribution is 0.0697. The molecule has 38 heavy (non-hydrogen) atoms. The van der Waals surface area contributed by atoms with Gasteiger partial charge in [-0.3, -0.25) is 9.71 Å². The van der Waals surface area contributed by atoms with E-state index in [0.29, 0.717) is 22.3 Å². The minimum atomic E-state index is -3.43. The van der Waals surface area contributed by atoms with Crippen LogP contribution in [-0.2, 0) is 10.0 Å². The number of nitrogens with zero attached hydrogens (tertiary/aromatic N) is 2. The smallest absolute Gasteiger partial charge is 0.335 e. The van der Waals surface area contributed by atoms with E-state index in [9.17, 15) is 18.3 Å². The van der Waals surface area contributed by atoms with Crippen molar-refractivity contribution in [3.63, 3.8) is 0 Å². The molecule has 2 atom stereocenters. The lowest BCUT2D eigenvalue weighted by Crippen LogP contribution is -2.29. The normalized spacial score (nSPS) is 17.3. The van der Waals surface area contributed by atoms with Gasteiger partial charge in [-0.2, -0.15) is 0 Å². The van der Waals surface area contributed by atoms with E-state index in [1.165, 1.54) is 12.1 Å². The summed E-state index contributed by atoms with van der Waals surface area (Å²) >= 11 is 5.76. The largest absolute Gasteiger partial charge is 0.478 e. The van der Waals surface area contributed by atoms with Crippen LogP contribution in [0.2, 0.25) is 0 Å². The Hall–Kier alpha value is -4.22. The number of hydrogen-bond acceptors (Lipinski definition) is 6. The molecule has 0 radical (unpaired) electrons. The van der Waals surface area contributed by atoms with Crippen molar-refractivity contribution in [3.8, 4) is 11.3 Å². The number of carboxylic acid groups (broad SMARTS) is 1. The molecule has 0 spiro atoms. The van der Waals surface area contributed by atoms with Crippen molar-refractivity contribution in [2.75, 3.05) is 15.9 Å². The number of nitrogens with one attached hydrogen (secondary N) is 2. The fourth-order valence-electron chi connectivity index (χ4n) is 4.48. The number of carboxylic acids is 1. The van der Waals surface area contributed by atoms with Crippen LogP contribution in [0.1, 0.15) is 39.5 Å². The Bertz CT molecular complexity index is 1620. The third kappa shape index (κ3) is 5.11. The standard InChI is InChI=1S/C27H24N4O5S2/c1-16-15-19(10-11-20(16)30-38(2,34)35)31-25(24(29-27(31)37)21-5-3-4-14-28-21)23-13-12-22(36-23)17-6-8-18(9-7-17)26(32)33/h3-15,24-25,30H,1-2H3,(H,29,37)(H,32,33)/t24-,25+/m1/s1. The number of carbonyl (C=O) groups is 1. The van der Waals surface area contributed by atoms with Crippen LogP contribution in [0.3, 0.4) is 0 Å². The highest BCUT2D eigenvalue weighted by molar-refractivity contribution is 7.92. The quantitative estimate of drug-likeness (QED) is 0.277. The molecule has 0 aliphatic carbocycles. The third-order valence-electron chi connectivity index (χ3n) is 6.22. The van der Waals surface area contributed by atoms with Gasteiger partial charge in [0.1, 0.15) is 17.6 Å². The van der Waals surface area contributed by atoms with Gasteiger partial charge < -0.3 is 19.7 Å². The van der Waals surface area contributed by atoms with Crippen molar-refractivity contribution in [1.82, 2.24) is 10.3 Å². The predicted molar refractivity (Wildman–Crippen MR) is 149 cm³/mol. The predicted octanol–water partition coefficient (Wildman–Crippen LogP) is 4.90. The first-order valence-electron chi connectivity index (χ1n) is 11.6. The van der Waals surface area contributed by atoms with Gasteiger partial charge in [0, 0.05) is 17.4 Å². The minimum Gasteiger partial charge on any atom is -0.478 e. The molecular weight excluding hydrogens is 524 g/mol. The molecule has 1 aliphatic rings. The monoisotopic (exact) mass is 548 g/mol. The molecular formula is C27H24N4O5S2. The van der Waals surface area contributed by atoms with Crippen LogP contribution >= 0.6 is 12.2 Å². The summed E-state index contributed by atoms with van der Waals surface area (Å²) in [4.78, 5) is 17.7. The van der Waals surface area contributed by atoms with Crippen molar-refractivity contribution in [3.05, 3.63) is 102 Å². The van der Waals surface area contributed by atoms with Crippen LogP contribution in [-0.4, -0.2) is 35.8 Å². The molecule has 194 valence electrons. The zero-order chi connectivity index (χ0) is 27.0. The molecule has 2 aromatic carbocycles. The van der Waals surface area contributed by atoms with Gasteiger partial charge in [0.2, 0.25) is 10.0 Å². The number of aromatic nitrogens is 1. The van der Waals surface area contributed by atoms with Crippen molar-refractivity contribution >= 4 is 44.7 Å². The Labute approximate surface area is 225 Å². The number of rotatable bonds is 7. The molecule has 1 fully saturated rings. The molecule has 0 unspecified atom stereocenters. The summed E-state index contributed by atoms with van der Waals surface area (Å²) in [5.41, 5.74) is 3.68. The molecule has 0 amide bonds. The second-order valence-corrected chi connectivity index (χ2v) is 11.1. The van der Waals surface area contributed by atoms with Crippen LogP contribution < -0.4 is 14.9 Å². The molecule has 3 N–H and O–H groups in total. The maximum Gasteiger partial charge on any atom is 0.335 e. The summed E-state index contributed by atoms with van der Waals surface area (Å²) in [7, 11) is -3.43. The molecule has 11 heteroatoms. The zero-order valence-electron chi connectivity index (χ0n) is 20.5. The lowest BCUT2D eigenvalue weighted by Gasteiger charge is -2.26. The zero-order valence-corrected chi connectivity index (χ0v) is 22.1. The number of anilines is 2. The topological polar surface area (TPSA) is 125 Å². The fourth-order valence-corrected chi connectivity index (χ4v) is 5.45. The number of pyridine rings is 1. The van der Waals surface area contributed by atoms with Crippen LogP contribution in [0.4, 0.5) is 11.4 Å². The Morgan fingerprint density at radius 2 is 1.87 bits per heavy atom. The molecule has 3 heterocycles. The number of furan rings is 1. The van der Waals surface area contributed by atoms with Gasteiger partial charge in [-0.25, -0.2) is 13.2 Å². The minimum absolute atomic E-state index is 0.191. The first-order valence-corrected chi connectivity index (χ1v) is 13.9. The van der Waals surface area contributed by atoms with E-state index < -0.39 is 22.0 Å². The van der Waals surface area contributed by atoms with Crippen molar-refractivity contribution < 1.29 is 22.7 Å². The van der Waals surface area contributed by atoms with E-state index in [-0.39, 0.29) is 11.6 Å². The summed E-state index contributed by atoms with van der Waals surface area (Å²) in [6, 6.07) is 20.5. The molecule has 5 rings (SSSR count). The van der Waals surface area contributed by atoms with Crippen molar-refractivity contribution in [1.29, 1.82) is 0 Å². The van der Waals surface area contributed by atoms with E-state index in [1.54, 1.807) is 30.5 Å². The Morgan fingerprint density at radius 3 is 2.50 bits per heavy atom. The number of sulfonamides is 1.